The standard InChI is InChI=1S/C22H24ClNO3S/c23-17-3-1-2-16(12-17)22(28)24-10-8-15-9-11-26-13-20(15)21(24)14-27-19-6-4-18(25)5-7-19/h1-7,12,15,20-21,25H,8-11,13-14H2. The minimum Gasteiger partial charge on any atom is -0.508 e. The zero-order chi connectivity index (χ0) is 19.5. The fraction of sp³-hybridized carbons (Fsp3) is 0.409. The Kier molecular flexibility index (Phi) is 6.04. The van der Waals surface area contributed by atoms with Gasteiger partial charge in [0.2, 0.25) is 0 Å². The second-order valence-electron chi connectivity index (χ2n) is 7.46. The van der Waals surface area contributed by atoms with Crippen LogP contribution in [0, 0.1) is 11.8 Å². The number of hydrogen-bond donors (Lipinski definition) is 1. The van der Waals surface area contributed by atoms with Crippen molar-refractivity contribution in [3.63, 3.8) is 0 Å². The van der Waals surface area contributed by atoms with E-state index in [2.05, 4.69) is 4.90 Å². The predicted octanol–water partition coefficient (Wildman–Crippen LogP) is 4.53. The molecule has 4 rings (SSSR count). The van der Waals surface area contributed by atoms with Crippen molar-refractivity contribution in [2.24, 2.45) is 11.8 Å². The lowest BCUT2D eigenvalue weighted by Crippen LogP contribution is -2.56. The zero-order valence-electron chi connectivity index (χ0n) is 15.6. The molecule has 3 unspecified atom stereocenters. The molecule has 0 saturated carbocycles. The molecular formula is C22H24ClNO3S. The molecule has 6 heteroatoms. The number of thiocarbonyl (C=S) groups is 1. The molecule has 2 fully saturated rings. The van der Waals surface area contributed by atoms with Crippen LogP contribution < -0.4 is 4.74 Å². The Bertz CT molecular complexity index is 829. The highest BCUT2D eigenvalue weighted by Gasteiger charge is 2.41. The van der Waals surface area contributed by atoms with E-state index in [1.165, 1.54) is 0 Å². The van der Waals surface area contributed by atoms with E-state index < -0.39 is 0 Å². The van der Waals surface area contributed by atoms with Crippen molar-refractivity contribution >= 4 is 28.8 Å². The molecular weight excluding hydrogens is 394 g/mol. The van der Waals surface area contributed by atoms with Gasteiger partial charge in [-0.15, -0.1) is 0 Å². The second-order valence-corrected chi connectivity index (χ2v) is 8.28. The molecule has 0 radical (unpaired) electrons. The van der Waals surface area contributed by atoms with E-state index in [0.717, 1.165) is 48.9 Å². The lowest BCUT2D eigenvalue weighted by molar-refractivity contribution is -0.0484. The van der Waals surface area contributed by atoms with Gasteiger partial charge in [-0.05, 0) is 55.2 Å². The lowest BCUT2D eigenvalue weighted by Gasteiger charge is -2.48. The summed E-state index contributed by atoms with van der Waals surface area (Å²) in [5, 5.41) is 10.2. The van der Waals surface area contributed by atoms with Crippen LogP contribution in [0.15, 0.2) is 48.5 Å². The van der Waals surface area contributed by atoms with E-state index in [0.29, 0.717) is 23.5 Å². The number of phenolic OH excluding ortho intramolecular Hbond substituents is 1. The number of phenols is 1. The summed E-state index contributed by atoms with van der Waals surface area (Å²) in [6, 6.07) is 14.7. The normalized spacial score (nSPS) is 24.5. The molecule has 2 aliphatic heterocycles. The number of rotatable bonds is 4. The molecule has 148 valence electrons. The Balaban J connectivity index is 1.55. The van der Waals surface area contributed by atoms with Gasteiger partial charge in [0, 0.05) is 29.7 Å². The maximum Gasteiger partial charge on any atom is 0.119 e. The SMILES string of the molecule is Oc1ccc(OCC2C3COCCC3CCN2C(=S)c2cccc(Cl)c2)cc1. The summed E-state index contributed by atoms with van der Waals surface area (Å²) in [6.45, 7) is 3.01. The molecule has 4 nitrogen and oxygen atoms in total. The zero-order valence-corrected chi connectivity index (χ0v) is 17.2. The summed E-state index contributed by atoms with van der Waals surface area (Å²) in [6.07, 6.45) is 2.21. The number of nitrogens with zero attached hydrogens (tertiary/aromatic N) is 1. The van der Waals surface area contributed by atoms with Gasteiger partial charge in [0.25, 0.3) is 0 Å². The first-order valence-electron chi connectivity index (χ1n) is 9.68. The first-order chi connectivity index (χ1) is 13.6. The van der Waals surface area contributed by atoms with Crippen molar-refractivity contribution in [3.05, 3.63) is 59.1 Å². The summed E-state index contributed by atoms with van der Waals surface area (Å²) in [5.41, 5.74) is 0.965. The number of piperidine rings is 1. The van der Waals surface area contributed by atoms with Crippen molar-refractivity contribution < 1.29 is 14.6 Å². The van der Waals surface area contributed by atoms with Crippen LogP contribution in [-0.4, -0.2) is 47.4 Å². The Morgan fingerprint density at radius 2 is 2.04 bits per heavy atom. The van der Waals surface area contributed by atoms with Crippen molar-refractivity contribution in [2.45, 2.75) is 18.9 Å². The molecule has 2 aliphatic rings. The van der Waals surface area contributed by atoms with Gasteiger partial charge in [-0.3, -0.25) is 0 Å². The molecule has 3 atom stereocenters. The van der Waals surface area contributed by atoms with Crippen LogP contribution in [0.4, 0.5) is 0 Å². The number of hydrogen-bond acceptors (Lipinski definition) is 4. The predicted molar refractivity (Wildman–Crippen MR) is 114 cm³/mol. The highest BCUT2D eigenvalue weighted by Crippen LogP contribution is 2.36. The molecule has 2 saturated heterocycles. The molecule has 2 aromatic rings. The van der Waals surface area contributed by atoms with Gasteiger partial charge in [0.1, 0.15) is 23.1 Å². The van der Waals surface area contributed by atoms with Gasteiger partial charge in [0.05, 0.1) is 12.6 Å². The van der Waals surface area contributed by atoms with Crippen molar-refractivity contribution in [1.29, 1.82) is 0 Å². The molecule has 2 heterocycles. The molecule has 0 amide bonds. The van der Waals surface area contributed by atoms with Gasteiger partial charge in [-0.25, -0.2) is 0 Å². The Hall–Kier alpha value is -1.82. The minimum absolute atomic E-state index is 0.138. The van der Waals surface area contributed by atoms with Crippen molar-refractivity contribution in [3.8, 4) is 11.5 Å². The number of benzene rings is 2. The van der Waals surface area contributed by atoms with E-state index in [1.807, 2.05) is 24.3 Å². The largest absolute Gasteiger partial charge is 0.508 e. The van der Waals surface area contributed by atoms with Crippen LogP contribution in [-0.2, 0) is 4.74 Å². The van der Waals surface area contributed by atoms with Gasteiger partial charge in [-0.1, -0.05) is 36.0 Å². The molecule has 2 aromatic carbocycles. The Morgan fingerprint density at radius 1 is 1.21 bits per heavy atom. The third-order valence-corrected chi connectivity index (χ3v) is 6.48. The van der Waals surface area contributed by atoms with E-state index in [-0.39, 0.29) is 11.8 Å². The summed E-state index contributed by atoms with van der Waals surface area (Å²) in [4.78, 5) is 3.10. The number of ether oxygens (including phenoxy) is 2. The van der Waals surface area contributed by atoms with Gasteiger partial charge < -0.3 is 19.5 Å². The summed E-state index contributed by atoms with van der Waals surface area (Å²) < 4.78 is 11.9. The molecule has 0 spiro atoms. The first kappa shape index (κ1) is 19.5. The number of halogens is 1. The van der Waals surface area contributed by atoms with Crippen molar-refractivity contribution in [2.75, 3.05) is 26.4 Å². The van der Waals surface area contributed by atoms with Crippen molar-refractivity contribution in [1.82, 2.24) is 4.90 Å². The lowest BCUT2D eigenvalue weighted by atomic mass is 9.77. The third kappa shape index (κ3) is 4.27. The van der Waals surface area contributed by atoms with Crippen LogP contribution >= 0.6 is 23.8 Å². The molecule has 1 N–H and O–H groups in total. The van der Waals surface area contributed by atoms with E-state index in [1.54, 1.807) is 24.3 Å². The highest BCUT2D eigenvalue weighted by molar-refractivity contribution is 7.80. The fourth-order valence-electron chi connectivity index (χ4n) is 4.27. The fourth-order valence-corrected chi connectivity index (χ4v) is 4.81. The summed E-state index contributed by atoms with van der Waals surface area (Å²) in [5.74, 6) is 2.00. The molecule has 0 aromatic heterocycles. The third-order valence-electron chi connectivity index (χ3n) is 5.77. The smallest absolute Gasteiger partial charge is 0.119 e. The monoisotopic (exact) mass is 417 g/mol. The number of fused-ring (bicyclic) bond motifs is 1. The Morgan fingerprint density at radius 3 is 2.82 bits per heavy atom. The summed E-state index contributed by atoms with van der Waals surface area (Å²) >= 11 is 12.0. The van der Waals surface area contributed by atoms with E-state index in [4.69, 9.17) is 33.3 Å². The van der Waals surface area contributed by atoms with Crippen LogP contribution in [0.1, 0.15) is 18.4 Å². The van der Waals surface area contributed by atoms with Crippen LogP contribution in [0.5, 0.6) is 11.5 Å². The average Bonchev–Trinajstić information content (AvgIpc) is 2.72. The molecule has 28 heavy (non-hydrogen) atoms. The van der Waals surface area contributed by atoms with Gasteiger partial charge in [-0.2, -0.15) is 0 Å². The minimum atomic E-state index is 0.138. The number of likely N-dealkylation sites (tertiary alicyclic amines) is 1. The molecule has 0 bridgehead atoms. The highest BCUT2D eigenvalue weighted by atomic mass is 35.5. The first-order valence-corrected chi connectivity index (χ1v) is 10.5. The maximum absolute atomic E-state index is 9.48. The maximum atomic E-state index is 9.48. The van der Waals surface area contributed by atoms with E-state index in [9.17, 15) is 5.11 Å². The number of aromatic hydroxyl groups is 1. The topological polar surface area (TPSA) is 41.9 Å². The van der Waals surface area contributed by atoms with Crippen LogP contribution in [0.25, 0.3) is 0 Å². The second kappa shape index (κ2) is 8.68. The van der Waals surface area contributed by atoms with Crippen LogP contribution in [0.3, 0.4) is 0 Å². The van der Waals surface area contributed by atoms with Gasteiger partial charge in [0.15, 0.2) is 0 Å². The Labute approximate surface area is 176 Å². The van der Waals surface area contributed by atoms with Crippen LogP contribution in [0.2, 0.25) is 5.02 Å². The summed E-state index contributed by atoms with van der Waals surface area (Å²) in [7, 11) is 0. The quantitative estimate of drug-likeness (QED) is 0.740. The van der Waals surface area contributed by atoms with E-state index >= 15 is 0 Å². The molecule has 0 aliphatic carbocycles. The van der Waals surface area contributed by atoms with Gasteiger partial charge >= 0.3 is 0 Å². The average molecular weight is 418 g/mol.